The van der Waals surface area contributed by atoms with Crippen LogP contribution in [0, 0.1) is 0 Å². The van der Waals surface area contributed by atoms with E-state index in [-0.39, 0.29) is 31.7 Å². The molecule has 3 aromatic carbocycles. The van der Waals surface area contributed by atoms with Gasteiger partial charge in [0.1, 0.15) is 12.4 Å². The van der Waals surface area contributed by atoms with Crippen molar-refractivity contribution in [3.63, 3.8) is 0 Å². The summed E-state index contributed by atoms with van der Waals surface area (Å²) in [5.74, 6) is -1.64. The number of amides is 4. The van der Waals surface area contributed by atoms with Gasteiger partial charge in [-0.15, -0.1) is 0 Å². The summed E-state index contributed by atoms with van der Waals surface area (Å²) in [7, 11) is 0. The van der Waals surface area contributed by atoms with Gasteiger partial charge in [0.15, 0.2) is 0 Å². The fraction of sp³-hybridized carbons (Fsp3) is 0.214. The van der Waals surface area contributed by atoms with Crippen molar-refractivity contribution in [2.75, 3.05) is 25.0 Å². The van der Waals surface area contributed by atoms with Gasteiger partial charge in [-0.25, -0.2) is 4.79 Å². The number of rotatable bonds is 9. The first-order valence-corrected chi connectivity index (χ1v) is 12.1. The third kappa shape index (κ3) is 7.10. The average Bonchev–Trinajstić information content (AvgIpc) is 3.06. The lowest BCUT2D eigenvalue weighted by Crippen LogP contribution is -2.42. The van der Waals surface area contributed by atoms with Crippen LogP contribution in [-0.2, 0) is 16.1 Å². The number of carbonyl (C=O) groups excluding carboxylic acids is 3. The molecule has 1 atom stereocenters. The average molecular weight is 517 g/mol. The van der Waals surface area contributed by atoms with Gasteiger partial charge in [-0.3, -0.25) is 14.4 Å². The Labute approximate surface area is 219 Å². The highest BCUT2D eigenvalue weighted by Gasteiger charge is 2.27. The molecule has 10 heteroatoms. The standard InChI is InChI=1S/C28H28N4O6/c33-25(31-23(16-26(34)35)20-9-5-2-6-10-20)18-32-13-14-38-24-12-11-21(15-22(24)27(32)36)30-28(37)29-17-19-7-3-1-4-8-19/h1-12,15,23H,13-14,16-18H2,(H,31,33)(H,34,35)(H2,29,30,37). The van der Waals surface area contributed by atoms with Gasteiger partial charge in [0.2, 0.25) is 5.91 Å². The van der Waals surface area contributed by atoms with E-state index < -0.39 is 29.9 Å². The molecule has 1 aliphatic heterocycles. The van der Waals surface area contributed by atoms with Crippen LogP contribution >= 0.6 is 0 Å². The van der Waals surface area contributed by atoms with Crippen LogP contribution in [0.2, 0.25) is 0 Å². The van der Waals surface area contributed by atoms with Crippen LogP contribution in [-0.4, -0.2) is 53.5 Å². The van der Waals surface area contributed by atoms with E-state index in [1.807, 2.05) is 30.3 Å². The molecule has 1 heterocycles. The first-order valence-electron chi connectivity index (χ1n) is 12.1. The lowest BCUT2D eigenvalue weighted by molar-refractivity contribution is -0.137. The molecular formula is C28H28N4O6. The number of carboxylic acid groups (broad SMARTS) is 1. The largest absolute Gasteiger partial charge is 0.491 e. The summed E-state index contributed by atoms with van der Waals surface area (Å²) < 4.78 is 5.70. The minimum Gasteiger partial charge on any atom is -0.491 e. The molecule has 0 saturated carbocycles. The van der Waals surface area contributed by atoms with Gasteiger partial charge in [-0.2, -0.15) is 0 Å². The number of benzene rings is 3. The van der Waals surface area contributed by atoms with Gasteiger partial charge in [0, 0.05) is 12.2 Å². The number of hydrogen-bond donors (Lipinski definition) is 4. The molecule has 0 fully saturated rings. The molecule has 4 amide bonds. The summed E-state index contributed by atoms with van der Waals surface area (Å²) >= 11 is 0. The Balaban J connectivity index is 1.40. The third-order valence-electron chi connectivity index (χ3n) is 5.92. The van der Waals surface area contributed by atoms with E-state index >= 15 is 0 Å². The fourth-order valence-corrected chi connectivity index (χ4v) is 4.07. The fourth-order valence-electron chi connectivity index (χ4n) is 4.07. The van der Waals surface area contributed by atoms with E-state index in [0.29, 0.717) is 23.5 Å². The van der Waals surface area contributed by atoms with Gasteiger partial charge in [0.05, 0.1) is 31.1 Å². The molecule has 1 aliphatic rings. The highest BCUT2D eigenvalue weighted by Crippen LogP contribution is 2.26. The minimum absolute atomic E-state index is 0.163. The predicted molar refractivity (Wildman–Crippen MR) is 140 cm³/mol. The van der Waals surface area contributed by atoms with Gasteiger partial charge in [0.25, 0.3) is 5.91 Å². The normalized spacial score (nSPS) is 13.4. The topological polar surface area (TPSA) is 137 Å². The Bertz CT molecular complexity index is 1300. The number of anilines is 1. The smallest absolute Gasteiger partial charge is 0.319 e. The lowest BCUT2D eigenvalue weighted by Gasteiger charge is -2.22. The number of nitrogens with zero attached hydrogens (tertiary/aromatic N) is 1. The zero-order valence-corrected chi connectivity index (χ0v) is 20.6. The Morgan fingerprint density at radius 2 is 1.68 bits per heavy atom. The second kappa shape index (κ2) is 12.4. The molecule has 10 nitrogen and oxygen atoms in total. The molecule has 0 aromatic heterocycles. The third-order valence-corrected chi connectivity index (χ3v) is 5.92. The van der Waals surface area contributed by atoms with Gasteiger partial charge < -0.3 is 30.7 Å². The van der Waals surface area contributed by atoms with E-state index in [9.17, 15) is 24.3 Å². The van der Waals surface area contributed by atoms with Crippen molar-refractivity contribution in [2.45, 2.75) is 19.0 Å². The first-order chi connectivity index (χ1) is 18.4. The molecule has 0 bridgehead atoms. The molecule has 1 unspecified atom stereocenters. The zero-order chi connectivity index (χ0) is 26.9. The number of ether oxygens (including phenoxy) is 1. The Hall–Kier alpha value is -4.86. The molecule has 0 aliphatic carbocycles. The summed E-state index contributed by atoms with van der Waals surface area (Å²) in [4.78, 5) is 51.2. The zero-order valence-electron chi connectivity index (χ0n) is 20.6. The lowest BCUT2D eigenvalue weighted by atomic mass is 10.0. The van der Waals surface area contributed by atoms with Gasteiger partial charge >= 0.3 is 12.0 Å². The number of hydrogen-bond acceptors (Lipinski definition) is 5. The van der Waals surface area contributed by atoms with Crippen LogP contribution in [0.15, 0.2) is 78.9 Å². The summed E-state index contributed by atoms with van der Waals surface area (Å²) in [5, 5.41) is 17.5. The second-order valence-corrected chi connectivity index (χ2v) is 8.71. The van der Waals surface area contributed by atoms with Gasteiger partial charge in [-0.05, 0) is 29.3 Å². The van der Waals surface area contributed by atoms with E-state index in [4.69, 9.17) is 4.74 Å². The summed E-state index contributed by atoms with van der Waals surface area (Å²) in [6.45, 7) is 0.401. The highest BCUT2D eigenvalue weighted by atomic mass is 16.5. The van der Waals surface area contributed by atoms with E-state index in [1.165, 1.54) is 11.0 Å². The highest BCUT2D eigenvalue weighted by molar-refractivity contribution is 6.01. The number of carbonyl (C=O) groups is 4. The van der Waals surface area contributed by atoms with Crippen molar-refractivity contribution in [1.82, 2.24) is 15.5 Å². The predicted octanol–water partition coefficient (Wildman–Crippen LogP) is 3.18. The Morgan fingerprint density at radius 3 is 2.39 bits per heavy atom. The van der Waals surface area contributed by atoms with Crippen LogP contribution in [0.1, 0.15) is 33.9 Å². The number of aliphatic carboxylic acids is 1. The van der Waals surface area contributed by atoms with Gasteiger partial charge in [-0.1, -0.05) is 60.7 Å². The first kappa shape index (κ1) is 26.2. The molecule has 196 valence electrons. The van der Waals surface area contributed by atoms with Crippen LogP contribution in [0.25, 0.3) is 0 Å². The number of fused-ring (bicyclic) bond motifs is 1. The maximum Gasteiger partial charge on any atom is 0.319 e. The molecular weight excluding hydrogens is 488 g/mol. The Morgan fingerprint density at radius 1 is 0.974 bits per heavy atom. The Kier molecular flexibility index (Phi) is 8.55. The van der Waals surface area contributed by atoms with E-state index in [0.717, 1.165) is 5.56 Å². The van der Waals surface area contributed by atoms with E-state index in [2.05, 4.69) is 16.0 Å². The van der Waals surface area contributed by atoms with Crippen molar-refractivity contribution in [3.05, 3.63) is 95.6 Å². The molecule has 0 spiro atoms. The molecule has 0 saturated heterocycles. The van der Waals surface area contributed by atoms with Crippen LogP contribution < -0.4 is 20.7 Å². The number of urea groups is 1. The molecule has 0 radical (unpaired) electrons. The van der Waals surface area contributed by atoms with Crippen LogP contribution in [0.4, 0.5) is 10.5 Å². The second-order valence-electron chi connectivity index (χ2n) is 8.71. The van der Waals surface area contributed by atoms with Crippen LogP contribution in [0.5, 0.6) is 5.75 Å². The summed E-state index contributed by atoms with van der Waals surface area (Å²) in [6.07, 6.45) is -0.295. The summed E-state index contributed by atoms with van der Waals surface area (Å²) in [6, 6.07) is 21.8. The minimum atomic E-state index is -1.06. The number of nitrogens with one attached hydrogen (secondary N) is 3. The van der Waals surface area contributed by atoms with Crippen LogP contribution in [0.3, 0.4) is 0 Å². The molecule has 4 N–H and O–H groups in total. The van der Waals surface area contributed by atoms with E-state index in [1.54, 1.807) is 42.5 Å². The molecule has 3 aromatic rings. The quantitative estimate of drug-likeness (QED) is 0.345. The maximum absolute atomic E-state index is 13.3. The molecule has 38 heavy (non-hydrogen) atoms. The van der Waals surface area contributed by atoms with Crippen molar-refractivity contribution in [3.8, 4) is 5.75 Å². The SMILES string of the molecule is O=C(O)CC(NC(=O)CN1CCOc2ccc(NC(=O)NCc3ccccc3)cc2C1=O)c1ccccc1. The monoisotopic (exact) mass is 516 g/mol. The summed E-state index contributed by atoms with van der Waals surface area (Å²) in [5.41, 5.74) is 2.20. The van der Waals surface area contributed by atoms with Crippen molar-refractivity contribution in [2.24, 2.45) is 0 Å². The van der Waals surface area contributed by atoms with Crippen molar-refractivity contribution < 1.29 is 29.0 Å². The van der Waals surface area contributed by atoms with Crippen molar-refractivity contribution >= 4 is 29.5 Å². The molecule has 4 rings (SSSR count). The number of carboxylic acids is 1. The maximum atomic E-state index is 13.3. The van der Waals surface area contributed by atoms with Crippen molar-refractivity contribution in [1.29, 1.82) is 0 Å².